The number of hydrogen-bond acceptors (Lipinski definition) is 4. The number of aromatic nitrogens is 1. The number of benzene rings is 1. The number of thioether (sulfide) groups is 1. The molecule has 4 heteroatoms. The molecule has 102 valence electrons. The van der Waals surface area contributed by atoms with Gasteiger partial charge in [-0.2, -0.15) is 11.8 Å². The summed E-state index contributed by atoms with van der Waals surface area (Å²) in [5, 5.41) is 4.71. The number of hydrogen-bond donors (Lipinski definition) is 1. The third-order valence-electron chi connectivity index (χ3n) is 2.73. The highest BCUT2D eigenvalue weighted by molar-refractivity contribution is 7.97. The molecule has 2 nitrogen and oxygen atoms in total. The van der Waals surface area contributed by atoms with E-state index in [0.717, 1.165) is 18.0 Å². The SMILES string of the molecule is CSCc1nc(-c2ccccc2)c(CNC(C)C)s1. The second-order valence-corrected chi connectivity index (χ2v) is 6.75. The maximum absolute atomic E-state index is 4.81. The molecule has 0 fully saturated rings. The predicted octanol–water partition coefficient (Wildman–Crippen LogP) is 4.17. The van der Waals surface area contributed by atoms with Crippen molar-refractivity contribution in [1.29, 1.82) is 0 Å². The Morgan fingerprint density at radius 2 is 2.00 bits per heavy atom. The van der Waals surface area contributed by atoms with Crippen molar-refractivity contribution in [3.63, 3.8) is 0 Å². The summed E-state index contributed by atoms with van der Waals surface area (Å²) in [5.41, 5.74) is 2.36. The lowest BCUT2D eigenvalue weighted by molar-refractivity contribution is 0.593. The van der Waals surface area contributed by atoms with Crippen LogP contribution in [0.2, 0.25) is 0 Å². The molecule has 0 unspecified atom stereocenters. The van der Waals surface area contributed by atoms with Gasteiger partial charge in [0.1, 0.15) is 5.01 Å². The molecule has 1 heterocycles. The van der Waals surface area contributed by atoms with Crippen LogP contribution in [0.5, 0.6) is 0 Å². The van der Waals surface area contributed by atoms with Crippen molar-refractivity contribution in [1.82, 2.24) is 10.3 Å². The summed E-state index contributed by atoms with van der Waals surface area (Å²) in [6.45, 7) is 5.24. The van der Waals surface area contributed by atoms with Gasteiger partial charge in [-0.05, 0) is 6.26 Å². The van der Waals surface area contributed by atoms with Crippen LogP contribution in [0.1, 0.15) is 23.7 Å². The fourth-order valence-corrected chi connectivity index (χ4v) is 3.56. The van der Waals surface area contributed by atoms with E-state index in [1.807, 2.05) is 29.2 Å². The number of nitrogens with zero attached hydrogens (tertiary/aromatic N) is 1. The molecule has 0 aliphatic heterocycles. The molecule has 1 aromatic carbocycles. The summed E-state index contributed by atoms with van der Waals surface area (Å²) in [5.74, 6) is 0.992. The minimum atomic E-state index is 0.495. The summed E-state index contributed by atoms with van der Waals surface area (Å²) in [6, 6.07) is 11.0. The molecule has 1 N–H and O–H groups in total. The van der Waals surface area contributed by atoms with Crippen LogP contribution in [0.25, 0.3) is 11.3 Å². The standard InChI is InChI=1S/C15H20N2S2/c1-11(2)16-9-13-15(12-7-5-4-6-8-12)17-14(19-13)10-18-3/h4-8,11,16H,9-10H2,1-3H3. The molecule has 2 aromatic rings. The van der Waals surface area contributed by atoms with Gasteiger partial charge in [0.05, 0.1) is 5.69 Å². The number of thiazole rings is 1. The molecule has 0 saturated carbocycles. The molecule has 0 bridgehead atoms. The zero-order valence-electron chi connectivity index (χ0n) is 11.6. The first kappa shape index (κ1) is 14.6. The van der Waals surface area contributed by atoms with Gasteiger partial charge in [-0.3, -0.25) is 0 Å². The smallest absolute Gasteiger partial charge is 0.103 e. The quantitative estimate of drug-likeness (QED) is 0.865. The average molecular weight is 292 g/mol. The summed E-state index contributed by atoms with van der Waals surface area (Å²) in [6.07, 6.45) is 2.12. The van der Waals surface area contributed by atoms with Gasteiger partial charge >= 0.3 is 0 Å². The molecular formula is C15H20N2S2. The Balaban J connectivity index is 2.29. The van der Waals surface area contributed by atoms with E-state index in [1.165, 1.54) is 15.4 Å². The number of rotatable bonds is 6. The predicted molar refractivity (Wildman–Crippen MR) is 86.7 cm³/mol. The highest BCUT2D eigenvalue weighted by Crippen LogP contribution is 2.29. The molecule has 0 saturated heterocycles. The Morgan fingerprint density at radius 1 is 1.26 bits per heavy atom. The molecule has 19 heavy (non-hydrogen) atoms. The molecule has 0 spiro atoms. The van der Waals surface area contributed by atoms with Gasteiger partial charge in [0, 0.05) is 28.8 Å². The van der Waals surface area contributed by atoms with Gasteiger partial charge in [-0.15, -0.1) is 11.3 Å². The van der Waals surface area contributed by atoms with E-state index in [1.54, 1.807) is 0 Å². The fourth-order valence-electron chi connectivity index (χ4n) is 1.82. The van der Waals surface area contributed by atoms with E-state index in [4.69, 9.17) is 4.98 Å². The lowest BCUT2D eigenvalue weighted by Crippen LogP contribution is -2.21. The maximum Gasteiger partial charge on any atom is 0.103 e. The van der Waals surface area contributed by atoms with Crippen LogP contribution in [0.4, 0.5) is 0 Å². The molecule has 2 rings (SSSR count). The Hall–Kier alpha value is -0.840. The van der Waals surface area contributed by atoms with Crippen LogP contribution < -0.4 is 5.32 Å². The van der Waals surface area contributed by atoms with E-state index < -0.39 is 0 Å². The minimum Gasteiger partial charge on any atom is -0.310 e. The van der Waals surface area contributed by atoms with Gasteiger partial charge in [0.25, 0.3) is 0 Å². The van der Waals surface area contributed by atoms with E-state index in [2.05, 4.69) is 49.7 Å². The second kappa shape index (κ2) is 7.08. The fraction of sp³-hybridized carbons (Fsp3) is 0.400. The first-order valence-electron chi connectivity index (χ1n) is 6.47. The lowest BCUT2D eigenvalue weighted by Gasteiger charge is -2.07. The molecule has 1 aromatic heterocycles. The second-order valence-electron chi connectivity index (χ2n) is 4.71. The maximum atomic E-state index is 4.81. The zero-order chi connectivity index (χ0) is 13.7. The molecule has 0 radical (unpaired) electrons. The van der Waals surface area contributed by atoms with Crippen molar-refractivity contribution >= 4 is 23.1 Å². The molecule has 0 atom stereocenters. The normalized spacial score (nSPS) is 11.2. The van der Waals surface area contributed by atoms with Crippen LogP contribution in [0, 0.1) is 0 Å². The third kappa shape index (κ3) is 4.06. The minimum absolute atomic E-state index is 0.495. The zero-order valence-corrected chi connectivity index (χ0v) is 13.3. The van der Waals surface area contributed by atoms with Gasteiger partial charge in [0.15, 0.2) is 0 Å². The highest BCUT2D eigenvalue weighted by Gasteiger charge is 2.12. The van der Waals surface area contributed by atoms with Crippen molar-refractivity contribution in [3.8, 4) is 11.3 Å². The van der Waals surface area contributed by atoms with Crippen LogP contribution in [-0.4, -0.2) is 17.3 Å². The molecule has 0 amide bonds. The van der Waals surface area contributed by atoms with Crippen molar-refractivity contribution in [2.45, 2.75) is 32.2 Å². The largest absolute Gasteiger partial charge is 0.310 e. The topological polar surface area (TPSA) is 24.9 Å². The van der Waals surface area contributed by atoms with Crippen molar-refractivity contribution in [2.24, 2.45) is 0 Å². The van der Waals surface area contributed by atoms with Crippen molar-refractivity contribution < 1.29 is 0 Å². The van der Waals surface area contributed by atoms with Crippen LogP contribution >= 0.6 is 23.1 Å². The van der Waals surface area contributed by atoms with Gasteiger partial charge in [0.2, 0.25) is 0 Å². The van der Waals surface area contributed by atoms with Gasteiger partial charge < -0.3 is 5.32 Å². The third-order valence-corrected chi connectivity index (χ3v) is 4.53. The van der Waals surface area contributed by atoms with E-state index in [0.29, 0.717) is 6.04 Å². The first-order chi connectivity index (χ1) is 9.20. The Kier molecular flexibility index (Phi) is 5.43. The molecule has 0 aliphatic carbocycles. The number of nitrogens with one attached hydrogen (secondary N) is 1. The van der Waals surface area contributed by atoms with Crippen molar-refractivity contribution in [2.75, 3.05) is 6.26 Å². The Morgan fingerprint density at radius 3 is 2.63 bits per heavy atom. The molecular weight excluding hydrogens is 272 g/mol. The first-order valence-corrected chi connectivity index (χ1v) is 8.68. The lowest BCUT2D eigenvalue weighted by atomic mass is 10.1. The van der Waals surface area contributed by atoms with Crippen LogP contribution in [-0.2, 0) is 12.3 Å². The molecule has 0 aliphatic rings. The van der Waals surface area contributed by atoms with Crippen LogP contribution in [0.3, 0.4) is 0 Å². The summed E-state index contributed by atoms with van der Waals surface area (Å²) < 4.78 is 0. The van der Waals surface area contributed by atoms with E-state index in [-0.39, 0.29) is 0 Å². The summed E-state index contributed by atoms with van der Waals surface area (Å²) in [4.78, 5) is 6.14. The Bertz CT molecular complexity index is 506. The monoisotopic (exact) mass is 292 g/mol. The van der Waals surface area contributed by atoms with Gasteiger partial charge in [-0.25, -0.2) is 4.98 Å². The van der Waals surface area contributed by atoms with Crippen LogP contribution in [0.15, 0.2) is 30.3 Å². The van der Waals surface area contributed by atoms with Gasteiger partial charge in [-0.1, -0.05) is 44.2 Å². The van der Waals surface area contributed by atoms with E-state index in [9.17, 15) is 0 Å². The average Bonchev–Trinajstić information content (AvgIpc) is 2.81. The summed E-state index contributed by atoms with van der Waals surface area (Å²) >= 11 is 3.65. The summed E-state index contributed by atoms with van der Waals surface area (Å²) in [7, 11) is 0. The van der Waals surface area contributed by atoms with Crippen molar-refractivity contribution in [3.05, 3.63) is 40.2 Å². The highest BCUT2D eigenvalue weighted by atomic mass is 32.2. The van der Waals surface area contributed by atoms with E-state index >= 15 is 0 Å². The Labute approximate surface area is 123 Å².